The highest BCUT2D eigenvalue weighted by Crippen LogP contribution is 2.26. The summed E-state index contributed by atoms with van der Waals surface area (Å²) in [5, 5.41) is 0. The van der Waals surface area contributed by atoms with Crippen LogP contribution in [0.5, 0.6) is 0 Å². The zero-order valence-electron chi connectivity index (χ0n) is 11.3. The van der Waals surface area contributed by atoms with E-state index < -0.39 is 25.9 Å². The predicted molar refractivity (Wildman–Crippen MR) is 82.8 cm³/mol. The summed E-state index contributed by atoms with van der Waals surface area (Å²) in [6.45, 7) is 3.09. The second-order valence-corrected chi connectivity index (χ2v) is 9.52. The fourth-order valence-electron chi connectivity index (χ4n) is 1.77. The summed E-state index contributed by atoms with van der Waals surface area (Å²) in [5.41, 5.74) is 6.50. The molecule has 1 aromatic carbocycles. The molecule has 20 heavy (non-hydrogen) atoms. The maximum absolute atomic E-state index is 12.3. The molecule has 114 valence electrons. The standard InChI is InChI=1S/C11H17BrN2O4S2/c1-7(6-19(3,15)16)14-20(17,18)11-5-9(12)4-10(13)8(11)2/h4-5,7,14H,6,13H2,1-3H3. The van der Waals surface area contributed by atoms with Crippen molar-refractivity contribution in [2.24, 2.45) is 0 Å². The summed E-state index contributed by atoms with van der Waals surface area (Å²) in [7, 11) is -7.10. The average Bonchev–Trinajstić information content (AvgIpc) is 2.19. The number of rotatable bonds is 5. The van der Waals surface area contributed by atoms with Gasteiger partial charge >= 0.3 is 0 Å². The second kappa shape index (κ2) is 6.00. The highest BCUT2D eigenvalue weighted by atomic mass is 79.9. The van der Waals surface area contributed by atoms with E-state index in [0.29, 0.717) is 15.7 Å². The molecule has 0 bridgehead atoms. The Morgan fingerprint density at radius 3 is 2.35 bits per heavy atom. The number of nitrogens with two attached hydrogens (primary N) is 1. The van der Waals surface area contributed by atoms with Gasteiger partial charge in [-0.2, -0.15) is 0 Å². The van der Waals surface area contributed by atoms with Gasteiger partial charge in [0.25, 0.3) is 0 Å². The maximum atomic E-state index is 12.3. The molecule has 0 saturated carbocycles. The first-order valence-corrected chi connectivity index (χ1v) is 10.0. The van der Waals surface area contributed by atoms with Gasteiger partial charge in [0, 0.05) is 22.5 Å². The van der Waals surface area contributed by atoms with Crippen molar-refractivity contribution in [2.75, 3.05) is 17.7 Å². The van der Waals surface area contributed by atoms with Crippen LogP contribution in [0, 0.1) is 6.92 Å². The Hall–Kier alpha value is -0.640. The van der Waals surface area contributed by atoms with E-state index in [-0.39, 0.29) is 10.6 Å². The molecule has 0 saturated heterocycles. The molecule has 0 aliphatic heterocycles. The van der Waals surface area contributed by atoms with E-state index in [2.05, 4.69) is 20.7 Å². The van der Waals surface area contributed by atoms with E-state index in [4.69, 9.17) is 5.73 Å². The van der Waals surface area contributed by atoms with Gasteiger partial charge in [-0.1, -0.05) is 15.9 Å². The molecule has 1 rings (SSSR count). The third-order valence-corrected chi connectivity index (χ3v) is 5.84. The van der Waals surface area contributed by atoms with Crippen molar-refractivity contribution < 1.29 is 16.8 Å². The highest BCUT2D eigenvalue weighted by molar-refractivity contribution is 9.10. The first-order chi connectivity index (χ1) is 8.92. The van der Waals surface area contributed by atoms with Gasteiger partial charge in [0.2, 0.25) is 10.0 Å². The zero-order valence-corrected chi connectivity index (χ0v) is 14.6. The van der Waals surface area contributed by atoms with E-state index in [1.807, 2.05) is 0 Å². The number of anilines is 1. The smallest absolute Gasteiger partial charge is 0.241 e. The lowest BCUT2D eigenvalue weighted by atomic mass is 10.2. The Morgan fingerprint density at radius 1 is 1.30 bits per heavy atom. The molecule has 0 fully saturated rings. The molecular formula is C11H17BrN2O4S2. The van der Waals surface area contributed by atoms with Crippen LogP contribution < -0.4 is 10.5 Å². The van der Waals surface area contributed by atoms with Crippen LogP contribution in [-0.4, -0.2) is 34.9 Å². The molecule has 0 heterocycles. The lowest BCUT2D eigenvalue weighted by molar-refractivity contribution is 0.564. The molecule has 0 radical (unpaired) electrons. The first-order valence-electron chi connectivity index (χ1n) is 5.68. The third-order valence-electron chi connectivity index (χ3n) is 2.56. The SMILES string of the molecule is Cc1c(N)cc(Br)cc1S(=O)(=O)NC(C)CS(C)(=O)=O. The fraction of sp³-hybridized carbons (Fsp3) is 0.455. The summed E-state index contributed by atoms with van der Waals surface area (Å²) >= 11 is 3.19. The molecule has 0 spiro atoms. The van der Waals surface area contributed by atoms with Crippen LogP contribution in [0.4, 0.5) is 5.69 Å². The summed E-state index contributed by atoms with van der Waals surface area (Å²) < 4.78 is 49.8. The van der Waals surface area contributed by atoms with Crippen molar-refractivity contribution in [3.8, 4) is 0 Å². The normalized spacial score (nSPS) is 14.2. The van der Waals surface area contributed by atoms with Crippen molar-refractivity contribution in [3.05, 3.63) is 22.2 Å². The fourth-order valence-corrected chi connectivity index (χ4v) is 5.04. The Bertz CT molecular complexity index is 714. The molecule has 3 N–H and O–H groups in total. The van der Waals surface area contributed by atoms with Gasteiger partial charge in [-0.05, 0) is 31.5 Å². The number of sulfone groups is 1. The molecule has 1 atom stereocenters. The van der Waals surface area contributed by atoms with Crippen molar-refractivity contribution in [1.29, 1.82) is 0 Å². The highest BCUT2D eigenvalue weighted by Gasteiger charge is 2.23. The van der Waals surface area contributed by atoms with Crippen LogP contribution in [0.25, 0.3) is 0 Å². The average molecular weight is 385 g/mol. The molecule has 6 nitrogen and oxygen atoms in total. The van der Waals surface area contributed by atoms with Crippen molar-refractivity contribution in [2.45, 2.75) is 24.8 Å². The number of nitrogen functional groups attached to an aromatic ring is 1. The van der Waals surface area contributed by atoms with Gasteiger partial charge in [0.15, 0.2) is 0 Å². The lowest BCUT2D eigenvalue weighted by Crippen LogP contribution is -2.37. The Labute approximate surface area is 127 Å². The largest absolute Gasteiger partial charge is 0.398 e. The summed E-state index contributed by atoms with van der Waals surface area (Å²) in [5.74, 6) is -0.269. The maximum Gasteiger partial charge on any atom is 0.241 e. The topological polar surface area (TPSA) is 106 Å². The Balaban J connectivity index is 3.13. The predicted octanol–water partition coefficient (Wildman–Crippen LogP) is 1.05. The van der Waals surface area contributed by atoms with Crippen LogP contribution in [0.15, 0.2) is 21.5 Å². The number of benzene rings is 1. The van der Waals surface area contributed by atoms with E-state index in [1.165, 1.54) is 13.0 Å². The molecule has 1 aromatic rings. The molecule has 0 amide bonds. The molecule has 9 heteroatoms. The molecular weight excluding hydrogens is 368 g/mol. The molecule has 0 aliphatic carbocycles. The van der Waals surface area contributed by atoms with Crippen molar-refractivity contribution in [1.82, 2.24) is 4.72 Å². The second-order valence-electron chi connectivity index (χ2n) is 4.73. The van der Waals surface area contributed by atoms with E-state index in [9.17, 15) is 16.8 Å². The van der Waals surface area contributed by atoms with Crippen molar-refractivity contribution >= 4 is 41.5 Å². The van der Waals surface area contributed by atoms with Crippen molar-refractivity contribution in [3.63, 3.8) is 0 Å². The number of halogens is 1. The zero-order chi connectivity index (χ0) is 15.7. The van der Waals surface area contributed by atoms with E-state index in [1.54, 1.807) is 13.0 Å². The molecule has 0 aromatic heterocycles. The van der Waals surface area contributed by atoms with Crippen LogP contribution in [0.1, 0.15) is 12.5 Å². The van der Waals surface area contributed by atoms with E-state index in [0.717, 1.165) is 6.26 Å². The lowest BCUT2D eigenvalue weighted by Gasteiger charge is -2.15. The van der Waals surface area contributed by atoms with E-state index >= 15 is 0 Å². The third kappa shape index (κ3) is 4.72. The minimum absolute atomic E-state index is 0.0322. The Kier molecular flexibility index (Phi) is 5.23. The number of sulfonamides is 1. The quantitative estimate of drug-likeness (QED) is 0.737. The minimum atomic E-state index is -3.83. The Morgan fingerprint density at radius 2 is 1.85 bits per heavy atom. The summed E-state index contributed by atoms with van der Waals surface area (Å²) in [6, 6.07) is 2.31. The summed E-state index contributed by atoms with van der Waals surface area (Å²) in [6.07, 6.45) is 1.06. The van der Waals surface area contributed by atoms with Gasteiger partial charge in [-0.15, -0.1) is 0 Å². The van der Waals surface area contributed by atoms with Gasteiger partial charge in [-0.3, -0.25) is 0 Å². The van der Waals surface area contributed by atoms with Gasteiger partial charge in [0.1, 0.15) is 9.84 Å². The van der Waals surface area contributed by atoms with Gasteiger partial charge in [0.05, 0.1) is 10.6 Å². The number of hydrogen-bond acceptors (Lipinski definition) is 5. The summed E-state index contributed by atoms with van der Waals surface area (Å²) in [4.78, 5) is 0.0322. The van der Waals surface area contributed by atoms with Crippen LogP contribution in [0.3, 0.4) is 0 Å². The van der Waals surface area contributed by atoms with Crippen LogP contribution >= 0.6 is 15.9 Å². The van der Waals surface area contributed by atoms with Gasteiger partial charge < -0.3 is 5.73 Å². The number of nitrogens with one attached hydrogen (secondary N) is 1. The first kappa shape index (κ1) is 17.4. The minimum Gasteiger partial charge on any atom is -0.398 e. The van der Waals surface area contributed by atoms with Crippen LogP contribution in [-0.2, 0) is 19.9 Å². The monoisotopic (exact) mass is 384 g/mol. The number of hydrogen-bond donors (Lipinski definition) is 2. The molecule has 1 unspecified atom stereocenters. The van der Waals surface area contributed by atoms with Crippen LogP contribution in [0.2, 0.25) is 0 Å². The molecule has 0 aliphatic rings. The van der Waals surface area contributed by atoms with Gasteiger partial charge in [-0.25, -0.2) is 21.6 Å².